The summed E-state index contributed by atoms with van der Waals surface area (Å²) in [6.07, 6.45) is 3.01. The fraction of sp³-hybridized carbons (Fsp3) is 0.875. The summed E-state index contributed by atoms with van der Waals surface area (Å²) < 4.78 is 23.2. The van der Waals surface area contributed by atoms with Gasteiger partial charge in [-0.3, -0.25) is 9.79 Å². The number of rotatable bonds is 5. The first-order valence-corrected chi connectivity index (χ1v) is 10.6. The topological polar surface area (TPSA) is 90.9 Å². The lowest BCUT2D eigenvalue weighted by Gasteiger charge is -2.31. The summed E-state index contributed by atoms with van der Waals surface area (Å²) in [5.41, 5.74) is 0. The van der Waals surface area contributed by atoms with Gasteiger partial charge in [0.15, 0.2) is 15.8 Å². The maximum atomic E-state index is 11.6. The number of nitrogens with zero attached hydrogens (tertiary/aromatic N) is 2. The van der Waals surface area contributed by atoms with Crippen molar-refractivity contribution >= 4 is 45.7 Å². The summed E-state index contributed by atoms with van der Waals surface area (Å²) in [5.74, 6) is 1.54. The summed E-state index contributed by atoms with van der Waals surface area (Å²) in [6.45, 7) is 5.38. The molecule has 0 aromatic heterocycles. The molecule has 9 heteroatoms. The number of nitrogens with one attached hydrogen (secondary N) is 2. The monoisotopic (exact) mass is 486 g/mol. The fourth-order valence-electron chi connectivity index (χ4n) is 3.03. The van der Waals surface area contributed by atoms with Crippen LogP contribution >= 0.6 is 24.0 Å². The van der Waals surface area contributed by atoms with Gasteiger partial charge >= 0.3 is 0 Å². The van der Waals surface area contributed by atoms with E-state index in [0.29, 0.717) is 25.9 Å². The van der Waals surface area contributed by atoms with E-state index in [4.69, 9.17) is 0 Å². The zero-order chi connectivity index (χ0) is 17.7. The van der Waals surface area contributed by atoms with Crippen molar-refractivity contribution in [3.63, 3.8) is 0 Å². The highest BCUT2D eigenvalue weighted by Gasteiger charge is 2.28. The van der Waals surface area contributed by atoms with Gasteiger partial charge in [0.1, 0.15) is 0 Å². The number of hydrogen-bond donors (Lipinski definition) is 2. The summed E-state index contributed by atoms with van der Waals surface area (Å²) in [4.78, 5) is 18.0. The molecule has 2 saturated heterocycles. The first kappa shape index (κ1) is 22.5. The van der Waals surface area contributed by atoms with Gasteiger partial charge in [-0.25, -0.2) is 8.42 Å². The van der Waals surface area contributed by atoms with Gasteiger partial charge in [-0.1, -0.05) is 6.92 Å². The van der Waals surface area contributed by atoms with Gasteiger partial charge in [0.2, 0.25) is 5.91 Å². The molecule has 2 fully saturated rings. The highest BCUT2D eigenvalue weighted by molar-refractivity contribution is 14.0. The molecule has 1 amide bonds. The first-order valence-electron chi connectivity index (χ1n) is 8.81. The van der Waals surface area contributed by atoms with Crippen molar-refractivity contribution in [2.24, 2.45) is 10.9 Å². The Kier molecular flexibility index (Phi) is 8.93. The minimum Gasteiger partial charge on any atom is -0.354 e. The SMILES string of the molecule is CCC(C)NC(=NCC1CCS(=O)(=O)C1)NC1CCC(=O)N(C)C1.I. The number of aliphatic imine (C=N–C) groups is 1. The van der Waals surface area contributed by atoms with Crippen LogP contribution in [0.5, 0.6) is 0 Å². The number of carbonyl (C=O) groups excluding carboxylic acids is 1. The average molecular weight is 486 g/mol. The predicted molar refractivity (Wildman–Crippen MR) is 111 cm³/mol. The molecule has 0 saturated carbocycles. The Hall–Kier alpha value is -0.580. The van der Waals surface area contributed by atoms with E-state index in [1.165, 1.54) is 0 Å². The Morgan fingerprint density at radius 2 is 2.12 bits per heavy atom. The lowest BCUT2D eigenvalue weighted by molar-refractivity contribution is -0.132. The molecule has 7 nitrogen and oxygen atoms in total. The van der Waals surface area contributed by atoms with Gasteiger partial charge in [0, 0.05) is 38.6 Å². The molecule has 0 spiro atoms. The van der Waals surface area contributed by atoms with E-state index in [9.17, 15) is 13.2 Å². The van der Waals surface area contributed by atoms with Crippen LogP contribution in [-0.2, 0) is 14.6 Å². The Morgan fingerprint density at radius 1 is 1.40 bits per heavy atom. The molecule has 0 aromatic rings. The Balaban J connectivity index is 0.00000312. The van der Waals surface area contributed by atoms with E-state index >= 15 is 0 Å². The maximum Gasteiger partial charge on any atom is 0.222 e. The van der Waals surface area contributed by atoms with Crippen molar-refractivity contribution in [3.05, 3.63) is 0 Å². The summed E-state index contributed by atoms with van der Waals surface area (Å²) in [7, 11) is -1.05. The van der Waals surface area contributed by atoms with Gasteiger partial charge in [0.05, 0.1) is 11.5 Å². The summed E-state index contributed by atoms with van der Waals surface area (Å²) >= 11 is 0. The van der Waals surface area contributed by atoms with E-state index < -0.39 is 9.84 Å². The van der Waals surface area contributed by atoms with Crippen LogP contribution in [-0.4, -0.2) is 68.9 Å². The quantitative estimate of drug-likeness (QED) is 0.344. The highest BCUT2D eigenvalue weighted by Crippen LogP contribution is 2.18. The van der Waals surface area contributed by atoms with Crippen LogP contribution in [0.2, 0.25) is 0 Å². The van der Waals surface area contributed by atoms with Gasteiger partial charge in [0.25, 0.3) is 0 Å². The van der Waals surface area contributed by atoms with Crippen LogP contribution in [0.25, 0.3) is 0 Å². The van der Waals surface area contributed by atoms with Crippen LogP contribution < -0.4 is 10.6 Å². The molecule has 3 atom stereocenters. The predicted octanol–water partition coefficient (Wildman–Crippen LogP) is 0.994. The number of guanidine groups is 1. The minimum atomic E-state index is -2.87. The number of amides is 1. The number of sulfone groups is 1. The van der Waals surface area contributed by atoms with Gasteiger partial charge in [-0.05, 0) is 32.1 Å². The number of likely N-dealkylation sites (tertiary alicyclic amines) is 1. The third kappa shape index (κ3) is 7.28. The van der Waals surface area contributed by atoms with E-state index in [2.05, 4.69) is 29.5 Å². The molecule has 0 bridgehead atoms. The standard InChI is InChI=1S/C16H30N4O3S.HI/c1-4-12(2)18-16(17-9-13-7-8-24(22,23)11-13)19-14-5-6-15(21)20(3)10-14;/h12-14H,4-11H2,1-3H3,(H2,17,18,19);1H. The zero-order valence-corrected chi connectivity index (χ0v) is 18.5. The van der Waals surface area contributed by atoms with Crippen LogP contribution in [0.15, 0.2) is 4.99 Å². The molecule has 0 aromatic carbocycles. The molecule has 0 aliphatic carbocycles. The van der Waals surface area contributed by atoms with Crippen molar-refractivity contribution < 1.29 is 13.2 Å². The van der Waals surface area contributed by atoms with Crippen molar-refractivity contribution in [2.75, 3.05) is 31.6 Å². The number of likely N-dealkylation sites (N-methyl/N-ethyl adjacent to an activating group) is 1. The lowest BCUT2D eigenvalue weighted by Crippen LogP contribution is -2.53. The molecule has 2 aliphatic rings. The molecule has 0 radical (unpaired) electrons. The number of hydrogen-bond acceptors (Lipinski definition) is 4. The average Bonchev–Trinajstić information content (AvgIpc) is 2.87. The second kappa shape index (κ2) is 9.94. The third-order valence-corrected chi connectivity index (χ3v) is 6.63. The molecule has 146 valence electrons. The van der Waals surface area contributed by atoms with Crippen LogP contribution in [0, 0.1) is 5.92 Å². The second-order valence-corrected chi connectivity index (χ2v) is 9.29. The molecule has 2 aliphatic heterocycles. The van der Waals surface area contributed by atoms with Crippen molar-refractivity contribution in [2.45, 2.75) is 51.6 Å². The van der Waals surface area contributed by atoms with Crippen LogP contribution in [0.4, 0.5) is 0 Å². The number of piperidine rings is 1. The van der Waals surface area contributed by atoms with Gasteiger partial charge in [-0.2, -0.15) is 0 Å². The first-order chi connectivity index (χ1) is 11.3. The number of carbonyl (C=O) groups is 1. The van der Waals surface area contributed by atoms with Crippen LogP contribution in [0.1, 0.15) is 39.5 Å². The minimum absolute atomic E-state index is 0. The highest BCUT2D eigenvalue weighted by atomic mass is 127. The smallest absolute Gasteiger partial charge is 0.222 e. The van der Waals surface area contributed by atoms with E-state index in [0.717, 1.165) is 18.8 Å². The largest absolute Gasteiger partial charge is 0.354 e. The van der Waals surface area contributed by atoms with Gasteiger partial charge < -0.3 is 15.5 Å². The Bertz CT molecular complexity index is 582. The maximum absolute atomic E-state index is 11.6. The zero-order valence-electron chi connectivity index (χ0n) is 15.3. The van der Waals surface area contributed by atoms with E-state index in [1.54, 1.807) is 4.90 Å². The van der Waals surface area contributed by atoms with Crippen molar-refractivity contribution in [1.82, 2.24) is 15.5 Å². The van der Waals surface area contributed by atoms with Gasteiger partial charge in [-0.15, -0.1) is 24.0 Å². The fourth-order valence-corrected chi connectivity index (χ4v) is 4.88. The van der Waals surface area contributed by atoms with E-state index in [-0.39, 0.29) is 59.4 Å². The molecular weight excluding hydrogens is 455 g/mol. The molecule has 2 heterocycles. The summed E-state index contributed by atoms with van der Waals surface area (Å²) in [6, 6.07) is 0.460. The third-order valence-electron chi connectivity index (χ3n) is 4.80. The van der Waals surface area contributed by atoms with Crippen molar-refractivity contribution in [3.8, 4) is 0 Å². The molecular formula is C16H31IN4O3S. The lowest BCUT2D eigenvalue weighted by atomic mass is 10.1. The van der Waals surface area contributed by atoms with E-state index in [1.807, 2.05) is 7.05 Å². The summed E-state index contributed by atoms with van der Waals surface area (Å²) in [5, 5.41) is 6.78. The number of halogens is 1. The Morgan fingerprint density at radius 3 is 2.68 bits per heavy atom. The van der Waals surface area contributed by atoms with Crippen molar-refractivity contribution in [1.29, 1.82) is 0 Å². The Labute approximate surface area is 168 Å². The molecule has 25 heavy (non-hydrogen) atoms. The van der Waals surface area contributed by atoms with Crippen LogP contribution in [0.3, 0.4) is 0 Å². The second-order valence-electron chi connectivity index (χ2n) is 7.07. The molecule has 2 rings (SSSR count). The molecule has 3 unspecified atom stereocenters. The molecule has 2 N–H and O–H groups in total. The normalized spacial score (nSPS) is 27.6.